The van der Waals surface area contributed by atoms with Crippen LogP contribution in [0.1, 0.15) is 13.2 Å². The zero-order chi connectivity index (χ0) is 17.3. The van der Waals surface area contributed by atoms with Crippen LogP contribution in [0, 0.1) is 0 Å². The van der Waals surface area contributed by atoms with E-state index < -0.39 is 31.1 Å². The summed E-state index contributed by atoms with van der Waals surface area (Å²) in [4.78, 5) is 12.6. The Labute approximate surface area is 142 Å². The third kappa shape index (κ3) is 3.08. The molecule has 4 N–H and O–H groups in total. The van der Waals surface area contributed by atoms with Crippen LogP contribution < -0.4 is 5.32 Å². The van der Waals surface area contributed by atoms with E-state index in [1.807, 2.05) is 0 Å². The lowest BCUT2D eigenvalue weighted by Crippen LogP contribution is -2.33. The summed E-state index contributed by atoms with van der Waals surface area (Å²) in [6.07, 6.45) is 0.461. The Hall–Kier alpha value is -1.78. The Kier molecular flexibility index (Phi) is 4.97. The first kappa shape index (κ1) is 17.1. The van der Waals surface area contributed by atoms with Gasteiger partial charge in [-0.3, -0.25) is 4.57 Å². The molecule has 0 aliphatic carbocycles. The van der Waals surface area contributed by atoms with Crippen molar-refractivity contribution in [2.24, 2.45) is 0 Å². The van der Waals surface area contributed by atoms with Crippen molar-refractivity contribution in [3.8, 4) is 0 Å². The van der Waals surface area contributed by atoms with Gasteiger partial charge in [-0.1, -0.05) is 17.7 Å². The van der Waals surface area contributed by atoms with E-state index in [4.69, 9.17) is 16.3 Å². The van der Waals surface area contributed by atoms with E-state index in [9.17, 15) is 15.3 Å². The number of fused-ring (bicyclic) bond motifs is 1. The number of aromatic nitrogens is 4. The number of nitrogens with one attached hydrogen (secondary N) is 1. The molecule has 0 amide bonds. The standard InChI is InChI=1S/C14H18ClN5O4/c1-7(15)2-3-16-12-9-13(18-5-17-12)20(6-19-9)14-11(23)10(22)8(4-21)24-14/h2,5-6,8,10-11,14,21-23H,3-4H2,1H3,(H,16,17,18)/b7-2-/t8-,10-,11-,14-/m1/s1. The Bertz CT molecular complexity index is 748. The smallest absolute Gasteiger partial charge is 0.167 e. The number of allylic oxidation sites excluding steroid dienone is 1. The summed E-state index contributed by atoms with van der Waals surface area (Å²) in [5, 5.41) is 33.0. The molecule has 3 heterocycles. The summed E-state index contributed by atoms with van der Waals surface area (Å²) < 4.78 is 7.01. The van der Waals surface area contributed by atoms with Gasteiger partial charge in [-0.2, -0.15) is 0 Å². The number of aliphatic hydroxyl groups is 3. The number of hydrogen-bond donors (Lipinski definition) is 4. The highest BCUT2D eigenvalue weighted by Crippen LogP contribution is 2.31. The van der Waals surface area contributed by atoms with E-state index in [2.05, 4.69) is 20.3 Å². The maximum Gasteiger partial charge on any atom is 0.167 e. The minimum atomic E-state index is -1.20. The molecule has 2 aromatic heterocycles. The van der Waals surface area contributed by atoms with Crippen molar-refractivity contribution in [2.75, 3.05) is 18.5 Å². The summed E-state index contributed by atoms with van der Waals surface area (Å²) in [6, 6.07) is 0. The lowest BCUT2D eigenvalue weighted by Gasteiger charge is -2.16. The average Bonchev–Trinajstić information content (AvgIpc) is 3.10. The van der Waals surface area contributed by atoms with E-state index in [1.165, 1.54) is 17.2 Å². The number of halogens is 1. The molecule has 2 aromatic rings. The Morgan fingerprint density at radius 2 is 2.17 bits per heavy atom. The highest BCUT2D eigenvalue weighted by atomic mass is 35.5. The van der Waals surface area contributed by atoms with Crippen molar-refractivity contribution in [3.05, 3.63) is 23.8 Å². The van der Waals surface area contributed by atoms with Crippen LogP contribution in [0.15, 0.2) is 23.8 Å². The van der Waals surface area contributed by atoms with Crippen molar-refractivity contribution >= 4 is 28.6 Å². The van der Waals surface area contributed by atoms with Crippen LogP contribution in [0.3, 0.4) is 0 Å². The number of rotatable bonds is 5. The SMILES string of the molecule is C/C(Cl)=C/CNc1ncnc2c1ncn2[C@@H]1O[C@H](CO)[C@@H](O)[C@H]1O. The zero-order valence-corrected chi connectivity index (χ0v) is 13.6. The first-order chi connectivity index (χ1) is 11.5. The maximum atomic E-state index is 10.1. The van der Waals surface area contributed by atoms with Gasteiger partial charge in [0.05, 0.1) is 12.9 Å². The minimum Gasteiger partial charge on any atom is -0.394 e. The van der Waals surface area contributed by atoms with Crippen molar-refractivity contribution in [1.29, 1.82) is 0 Å². The topological polar surface area (TPSA) is 126 Å². The van der Waals surface area contributed by atoms with Crippen molar-refractivity contribution in [3.63, 3.8) is 0 Å². The second-order valence-corrected chi connectivity index (χ2v) is 6.04. The lowest BCUT2D eigenvalue weighted by molar-refractivity contribution is -0.0511. The molecule has 0 aromatic carbocycles. The number of ether oxygens (including phenoxy) is 1. The first-order valence-corrected chi connectivity index (χ1v) is 7.77. The van der Waals surface area contributed by atoms with E-state index in [-0.39, 0.29) is 0 Å². The van der Waals surface area contributed by atoms with Crippen molar-refractivity contribution in [2.45, 2.75) is 31.5 Å². The molecule has 1 aliphatic heterocycles. The normalized spacial score (nSPS) is 27.8. The van der Waals surface area contributed by atoms with E-state index >= 15 is 0 Å². The summed E-state index contributed by atoms with van der Waals surface area (Å²) in [5.41, 5.74) is 0.935. The van der Waals surface area contributed by atoms with Gasteiger partial charge in [-0.15, -0.1) is 0 Å². The highest BCUT2D eigenvalue weighted by molar-refractivity contribution is 6.29. The Balaban J connectivity index is 1.90. The summed E-state index contributed by atoms with van der Waals surface area (Å²) >= 11 is 5.79. The molecule has 0 spiro atoms. The van der Waals surface area contributed by atoms with Crippen LogP contribution in [0.2, 0.25) is 0 Å². The van der Waals surface area contributed by atoms with Gasteiger partial charge in [0.2, 0.25) is 0 Å². The molecular formula is C14H18ClN5O4. The van der Waals surface area contributed by atoms with Crippen LogP contribution in [-0.4, -0.2) is 66.3 Å². The van der Waals surface area contributed by atoms with E-state index in [0.29, 0.717) is 28.6 Å². The van der Waals surface area contributed by atoms with Gasteiger partial charge >= 0.3 is 0 Å². The molecule has 10 heteroatoms. The van der Waals surface area contributed by atoms with Crippen LogP contribution in [0.25, 0.3) is 11.2 Å². The molecule has 1 fully saturated rings. The summed E-state index contributed by atoms with van der Waals surface area (Å²) in [7, 11) is 0. The van der Waals surface area contributed by atoms with Gasteiger partial charge in [-0.25, -0.2) is 15.0 Å². The van der Waals surface area contributed by atoms with Crippen LogP contribution in [-0.2, 0) is 4.74 Å². The zero-order valence-electron chi connectivity index (χ0n) is 12.9. The lowest BCUT2D eigenvalue weighted by atomic mass is 10.1. The molecule has 3 rings (SSSR count). The maximum absolute atomic E-state index is 10.1. The fourth-order valence-corrected chi connectivity index (χ4v) is 2.64. The molecule has 0 radical (unpaired) electrons. The van der Waals surface area contributed by atoms with Crippen LogP contribution >= 0.6 is 11.6 Å². The van der Waals surface area contributed by atoms with E-state index in [0.717, 1.165) is 0 Å². The molecule has 24 heavy (non-hydrogen) atoms. The molecule has 1 aliphatic rings. The minimum absolute atomic E-state index is 0.396. The van der Waals surface area contributed by atoms with Gasteiger partial charge < -0.3 is 25.4 Å². The second-order valence-electron chi connectivity index (χ2n) is 5.45. The Morgan fingerprint density at radius 1 is 1.38 bits per heavy atom. The largest absolute Gasteiger partial charge is 0.394 e. The van der Waals surface area contributed by atoms with E-state index in [1.54, 1.807) is 13.0 Å². The third-order valence-electron chi connectivity index (χ3n) is 3.80. The predicted molar refractivity (Wildman–Crippen MR) is 86.4 cm³/mol. The fraction of sp³-hybridized carbons (Fsp3) is 0.500. The fourth-order valence-electron chi connectivity index (χ4n) is 2.57. The number of hydrogen-bond acceptors (Lipinski definition) is 8. The molecule has 1 saturated heterocycles. The van der Waals surface area contributed by atoms with Crippen molar-refractivity contribution in [1.82, 2.24) is 19.5 Å². The van der Waals surface area contributed by atoms with Gasteiger partial charge in [0, 0.05) is 11.6 Å². The summed E-state index contributed by atoms with van der Waals surface area (Å²) in [6.45, 7) is 1.85. The predicted octanol–water partition coefficient (Wildman–Crippen LogP) is -0.00770. The number of anilines is 1. The quantitative estimate of drug-likeness (QED) is 0.590. The van der Waals surface area contributed by atoms with Gasteiger partial charge in [0.25, 0.3) is 0 Å². The Morgan fingerprint density at radius 3 is 2.83 bits per heavy atom. The van der Waals surface area contributed by atoms with Gasteiger partial charge in [0.15, 0.2) is 23.2 Å². The molecule has 0 saturated carbocycles. The number of aliphatic hydroxyl groups excluding tert-OH is 3. The number of imidazole rings is 1. The monoisotopic (exact) mass is 355 g/mol. The first-order valence-electron chi connectivity index (χ1n) is 7.39. The highest BCUT2D eigenvalue weighted by Gasteiger charge is 2.43. The molecule has 0 unspecified atom stereocenters. The number of nitrogens with zero attached hydrogens (tertiary/aromatic N) is 4. The second kappa shape index (κ2) is 6.99. The molecule has 0 bridgehead atoms. The molecular weight excluding hydrogens is 338 g/mol. The third-order valence-corrected chi connectivity index (χ3v) is 3.96. The van der Waals surface area contributed by atoms with Gasteiger partial charge in [0.1, 0.15) is 24.6 Å². The average molecular weight is 356 g/mol. The van der Waals surface area contributed by atoms with Gasteiger partial charge in [-0.05, 0) is 6.92 Å². The molecule has 4 atom stereocenters. The van der Waals surface area contributed by atoms with Crippen LogP contribution in [0.4, 0.5) is 5.82 Å². The van der Waals surface area contributed by atoms with Crippen molar-refractivity contribution < 1.29 is 20.1 Å². The molecule has 130 valence electrons. The van der Waals surface area contributed by atoms with Crippen LogP contribution in [0.5, 0.6) is 0 Å². The molecule has 9 nitrogen and oxygen atoms in total. The summed E-state index contributed by atoms with van der Waals surface area (Å²) in [5.74, 6) is 0.514.